The van der Waals surface area contributed by atoms with Crippen molar-refractivity contribution in [1.82, 2.24) is 0 Å². The van der Waals surface area contributed by atoms with Gasteiger partial charge in [-0.1, -0.05) is 206 Å². The van der Waals surface area contributed by atoms with E-state index in [0.717, 1.165) is 57.0 Å². The topological polar surface area (TPSA) is 17.1 Å². The summed E-state index contributed by atoms with van der Waals surface area (Å²) >= 11 is 15.3. The zero-order valence-electron chi connectivity index (χ0n) is 44.1. The molecule has 72 heavy (non-hydrogen) atoms. The number of hydrogen-bond donors (Lipinski definition) is 0. The molecule has 0 aromatic carbocycles. The van der Waals surface area contributed by atoms with Crippen LogP contribution in [0.25, 0.3) is 35.3 Å². The lowest BCUT2D eigenvalue weighted by Gasteiger charge is -2.07. The second-order valence-corrected chi connectivity index (χ2v) is 26.4. The quantitative estimate of drug-likeness (QED) is 0.0289. The molecule has 5 rings (SSSR count). The van der Waals surface area contributed by atoms with Crippen LogP contribution >= 0.6 is 77.2 Å². The maximum atomic E-state index is 15.2. The van der Waals surface area contributed by atoms with Crippen molar-refractivity contribution in [3.63, 3.8) is 0 Å². The lowest BCUT2D eigenvalue weighted by Crippen LogP contribution is -2.01. The van der Waals surface area contributed by atoms with Crippen molar-refractivity contribution in [2.24, 2.45) is 0 Å². The third-order valence-electron chi connectivity index (χ3n) is 13.8. The van der Waals surface area contributed by atoms with E-state index in [1.54, 1.807) is 22.7 Å². The molecule has 0 amide bonds. The summed E-state index contributed by atoms with van der Waals surface area (Å²) in [5, 5.41) is 0. The number of aryl methyl sites for hydroxylation is 2. The number of ketones is 1. The van der Waals surface area contributed by atoms with Gasteiger partial charge in [0.2, 0.25) is 0 Å². The van der Waals surface area contributed by atoms with Crippen molar-refractivity contribution >= 4 is 89.1 Å². The third kappa shape index (κ3) is 19.9. The first-order valence-electron chi connectivity index (χ1n) is 28.0. The van der Waals surface area contributed by atoms with Gasteiger partial charge in [-0.2, -0.15) is 0 Å². The monoisotopic (exact) mass is 1160 g/mol. The number of fused-ring (bicyclic) bond motifs is 3. The number of carbonyl (C=O) groups excluding carboxylic acids is 1. The van der Waals surface area contributed by atoms with Crippen molar-refractivity contribution in [2.75, 3.05) is 0 Å². The van der Waals surface area contributed by atoms with Crippen molar-refractivity contribution in [1.29, 1.82) is 0 Å². The average Bonchev–Trinajstić information content (AvgIpc) is 4.19. The van der Waals surface area contributed by atoms with Crippen molar-refractivity contribution in [3.8, 4) is 29.3 Å². The van der Waals surface area contributed by atoms with Gasteiger partial charge in [-0.05, 0) is 158 Å². The first-order chi connectivity index (χ1) is 35.4. The average molecular weight is 1170 g/mol. The van der Waals surface area contributed by atoms with E-state index < -0.39 is 0 Å². The normalized spacial score (nSPS) is 11.1. The van der Waals surface area contributed by atoms with Gasteiger partial charge in [-0.25, -0.2) is 0 Å². The Balaban J connectivity index is 1.43. The molecule has 0 N–H and O–H groups in total. The molecule has 4 heterocycles. The lowest BCUT2D eigenvalue weighted by molar-refractivity contribution is 0.104. The highest BCUT2D eigenvalue weighted by Crippen LogP contribution is 2.57. The fourth-order valence-electron chi connectivity index (χ4n) is 9.73. The highest BCUT2D eigenvalue weighted by molar-refractivity contribution is 9.11. The van der Waals surface area contributed by atoms with Gasteiger partial charge in [0, 0.05) is 25.8 Å². The highest BCUT2D eigenvalue weighted by Gasteiger charge is 2.39. The molecule has 1 nitrogen and oxygen atoms in total. The van der Waals surface area contributed by atoms with Crippen LogP contribution in [0.15, 0.2) is 83.6 Å². The lowest BCUT2D eigenvalue weighted by atomic mass is 9.97. The van der Waals surface area contributed by atoms with Gasteiger partial charge in [-0.15, -0.1) is 45.3 Å². The number of rotatable bonds is 36. The van der Waals surface area contributed by atoms with E-state index in [1.165, 1.54) is 225 Å². The molecule has 4 aromatic heterocycles. The zero-order chi connectivity index (χ0) is 51.0. The van der Waals surface area contributed by atoms with Gasteiger partial charge in [0.15, 0.2) is 5.78 Å². The number of halogens is 2. The molecule has 0 spiro atoms. The molecule has 0 unspecified atom stereocenters. The molecule has 0 saturated carbocycles. The summed E-state index contributed by atoms with van der Waals surface area (Å²) < 4.78 is 2.43. The van der Waals surface area contributed by atoms with E-state index in [1.807, 2.05) is 28.7 Å². The highest BCUT2D eigenvalue weighted by atomic mass is 79.9. The van der Waals surface area contributed by atoms with Crippen molar-refractivity contribution in [3.05, 3.63) is 117 Å². The fraction of sp³-hybridized carbons (Fsp3) is 0.554. The van der Waals surface area contributed by atoms with E-state index in [4.69, 9.17) is 0 Å². The molecule has 0 radical (unpaired) electrons. The van der Waals surface area contributed by atoms with Crippen LogP contribution in [0.5, 0.6) is 0 Å². The molecule has 0 aliphatic heterocycles. The second-order valence-electron chi connectivity index (χ2n) is 19.6. The summed E-state index contributed by atoms with van der Waals surface area (Å²) in [5.74, 6) is 0.156. The van der Waals surface area contributed by atoms with E-state index >= 15 is 4.79 Å². The minimum atomic E-state index is 0.156. The van der Waals surface area contributed by atoms with Gasteiger partial charge in [0.25, 0.3) is 0 Å². The van der Waals surface area contributed by atoms with E-state index in [0.29, 0.717) is 0 Å². The smallest absolute Gasteiger partial charge is 0.196 e. The van der Waals surface area contributed by atoms with Crippen LogP contribution in [-0.4, -0.2) is 5.78 Å². The molecule has 384 valence electrons. The summed E-state index contributed by atoms with van der Waals surface area (Å²) in [5.41, 5.74) is 34.3. The maximum Gasteiger partial charge on any atom is 0.196 e. The SMILES string of the molecule is C=C=C=C=C=C=C=C=C=C=C=Cc1c(-c2cc(CCCCCCCCCCCC)c(Br)s2)sc2c1C(=O)c1c-2sc(-c2cc(CCCCCCCCCCCC)c(Br)s2)c1CCCCCCCCCCCC. The summed E-state index contributed by atoms with van der Waals surface area (Å²) in [6.45, 7) is 10.3. The van der Waals surface area contributed by atoms with Crippen LogP contribution in [0.4, 0.5) is 0 Å². The van der Waals surface area contributed by atoms with Crippen molar-refractivity contribution in [2.45, 2.75) is 233 Å². The predicted molar refractivity (Wildman–Crippen MR) is 325 cm³/mol. The van der Waals surface area contributed by atoms with Crippen LogP contribution in [-0.2, 0) is 19.3 Å². The van der Waals surface area contributed by atoms with Crippen LogP contribution in [0.1, 0.15) is 252 Å². The molecule has 7 heteroatoms. The Labute approximate surface area is 468 Å². The Morgan fingerprint density at radius 3 is 1.24 bits per heavy atom. The summed E-state index contributed by atoms with van der Waals surface area (Å²) in [6, 6.07) is 4.81. The molecule has 0 bridgehead atoms. The van der Waals surface area contributed by atoms with Crippen LogP contribution in [0.3, 0.4) is 0 Å². The summed E-state index contributed by atoms with van der Waals surface area (Å²) in [4.78, 5) is 22.4. The number of unbranched alkanes of at least 4 members (excludes halogenated alkanes) is 27. The minimum absolute atomic E-state index is 0.156. The van der Waals surface area contributed by atoms with Crippen LogP contribution in [0.2, 0.25) is 0 Å². The molecular weight excluding hydrogens is 1080 g/mol. The molecular formula is C65H80Br2OS4. The number of thiophene rings is 4. The molecule has 0 atom stereocenters. The summed E-state index contributed by atoms with van der Waals surface area (Å²) in [7, 11) is 0. The van der Waals surface area contributed by atoms with E-state index in [9.17, 15) is 0 Å². The predicted octanol–water partition coefficient (Wildman–Crippen LogP) is 23.6. The van der Waals surface area contributed by atoms with Gasteiger partial charge >= 0.3 is 0 Å². The minimum Gasteiger partial charge on any atom is -0.288 e. The van der Waals surface area contributed by atoms with Gasteiger partial charge in [-0.3, -0.25) is 4.79 Å². The zero-order valence-corrected chi connectivity index (χ0v) is 50.5. The Morgan fingerprint density at radius 1 is 0.431 bits per heavy atom. The second kappa shape index (κ2) is 36.0. The van der Waals surface area contributed by atoms with E-state index in [-0.39, 0.29) is 5.78 Å². The first kappa shape index (κ1) is 59.8. The van der Waals surface area contributed by atoms with Crippen molar-refractivity contribution < 1.29 is 4.79 Å². The molecule has 0 saturated heterocycles. The number of carbonyl (C=O) groups is 1. The summed E-state index contributed by atoms with van der Waals surface area (Å²) in [6.07, 6.45) is 44.7. The maximum absolute atomic E-state index is 15.2. The fourth-order valence-corrected chi connectivity index (χ4v) is 16.3. The Bertz CT molecular complexity index is 2700. The molecule has 1 aliphatic carbocycles. The number of hydrogen-bond acceptors (Lipinski definition) is 5. The Morgan fingerprint density at radius 2 is 0.792 bits per heavy atom. The Kier molecular flexibility index (Phi) is 30.0. The van der Waals surface area contributed by atoms with Gasteiger partial charge in [0.1, 0.15) is 0 Å². The standard InChI is InChI=1S/C65H80Br2OS4/c1-5-9-13-17-21-25-29-33-37-41-45-51-49-55(69-64(51)66)60-53(47-43-39-35-31-27-23-19-15-11-7-3)57-59(68)58-54(48-44-40-36-32-28-24-20-16-12-8-4)61(72-63(58)62(57)71-60)56-50-52(65(67)70-56)46-42-38-34-30-26-22-18-14-10-6-2/h47,49-50H,3,5-6,8-10,12-14,16-18,20-22,24-26,28-30,32-34,36-38,40-42,44-46,48H2,1-2,4H3. The van der Waals surface area contributed by atoms with E-state index in [2.05, 4.69) is 129 Å². The van der Waals surface area contributed by atoms with Crippen LogP contribution < -0.4 is 0 Å². The third-order valence-corrected chi connectivity index (χ3v) is 20.7. The Hall–Kier alpha value is -3.03. The van der Waals surface area contributed by atoms with Crippen LogP contribution in [0, 0.1) is 0 Å². The molecule has 0 fully saturated rings. The first-order valence-corrected chi connectivity index (χ1v) is 32.8. The molecule has 4 aromatic rings. The largest absolute Gasteiger partial charge is 0.288 e. The van der Waals surface area contributed by atoms with Gasteiger partial charge in [0.05, 0.1) is 27.8 Å². The molecule has 1 aliphatic rings. The van der Waals surface area contributed by atoms with Gasteiger partial charge < -0.3 is 0 Å².